The van der Waals surface area contributed by atoms with E-state index in [9.17, 15) is 4.39 Å². The molecule has 1 aromatic rings. The average Bonchev–Trinajstić information content (AvgIpc) is 2.17. The van der Waals surface area contributed by atoms with Gasteiger partial charge in [0.1, 0.15) is 6.17 Å². The summed E-state index contributed by atoms with van der Waals surface area (Å²) in [4.78, 5) is 0. The van der Waals surface area contributed by atoms with Crippen LogP contribution in [0, 0.1) is 0 Å². The van der Waals surface area contributed by atoms with Crippen molar-refractivity contribution in [3.05, 3.63) is 29.3 Å². The molecule has 1 unspecified atom stereocenters. The summed E-state index contributed by atoms with van der Waals surface area (Å²) < 4.78 is 13.2. The molecule has 1 N–H and O–H groups in total. The zero-order chi connectivity index (χ0) is 9.26. The van der Waals surface area contributed by atoms with Gasteiger partial charge in [0.2, 0.25) is 0 Å². The number of nitrogens with one attached hydrogen (secondary N) is 1. The summed E-state index contributed by atoms with van der Waals surface area (Å²) in [5, 5.41) is 3.27. The van der Waals surface area contributed by atoms with E-state index in [0.717, 1.165) is 30.6 Å². The van der Waals surface area contributed by atoms with Crippen LogP contribution in [0.25, 0.3) is 0 Å². The van der Waals surface area contributed by atoms with E-state index < -0.39 is 6.17 Å². The van der Waals surface area contributed by atoms with Gasteiger partial charge in [-0.1, -0.05) is 18.2 Å². The first-order chi connectivity index (χ1) is 6.29. The molecule has 1 aliphatic heterocycles. The summed E-state index contributed by atoms with van der Waals surface area (Å²) in [6.45, 7) is 2.56. The van der Waals surface area contributed by atoms with Crippen molar-refractivity contribution in [1.29, 1.82) is 0 Å². The average molecular weight is 179 g/mol. The Morgan fingerprint density at radius 3 is 3.08 bits per heavy atom. The first-order valence-corrected chi connectivity index (χ1v) is 4.79. The maximum absolute atomic E-state index is 13.2. The van der Waals surface area contributed by atoms with Crippen molar-refractivity contribution in [3.63, 3.8) is 0 Å². The predicted molar refractivity (Wildman–Crippen MR) is 52.8 cm³/mol. The molecule has 2 rings (SSSR count). The van der Waals surface area contributed by atoms with Crippen LogP contribution >= 0.6 is 0 Å². The Balaban J connectivity index is 2.46. The van der Waals surface area contributed by atoms with E-state index in [-0.39, 0.29) is 0 Å². The van der Waals surface area contributed by atoms with Crippen LogP contribution in [0.5, 0.6) is 0 Å². The molecule has 70 valence electrons. The third-order valence-electron chi connectivity index (χ3n) is 2.54. The van der Waals surface area contributed by atoms with Gasteiger partial charge in [-0.05, 0) is 25.3 Å². The Kier molecular flexibility index (Phi) is 2.21. The van der Waals surface area contributed by atoms with Gasteiger partial charge < -0.3 is 5.32 Å². The SMILES string of the molecule is CC(F)c1cccc2c1NCCC2. The molecule has 1 nitrogen and oxygen atoms in total. The van der Waals surface area contributed by atoms with Crippen molar-refractivity contribution in [2.45, 2.75) is 25.9 Å². The number of aryl methyl sites for hydroxylation is 1. The molecule has 0 bridgehead atoms. The fourth-order valence-electron chi connectivity index (χ4n) is 1.87. The van der Waals surface area contributed by atoms with Gasteiger partial charge in [-0.2, -0.15) is 0 Å². The lowest BCUT2D eigenvalue weighted by atomic mass is 9.98. The van der Waals surface area contributed by atoms with Crippen LogP contribution in [0.1, 0.15) is 30.6 Å². The maximum atomic E-state index is 13.2. The first kappa shape index (κ1) is 8.54. The number of hydrogen-bond donors (Lipinski definition) is 1. The van der Waals surface area contributed by atoms with E-state index in [1.54, 1.807) is 6.92 Å². The molecule has 0 spiro atoms. The topological polar surface area (TPSA) is 12.0 Å². The minimum Gasteiger partial charge on any atom is -0.385 e. The Morgan fingerprint density at radius 2 is 2.31 bits per heavy atom. The van der Waals surface area contributed by atoms with E-state index in [1.807, 2.05) is 12.1 Å². The third kappa shape index (κ3) is 1.53. The quantitative estimate of drug-likeness (QED) is 0.698. The molecule has 1 aromatic carbocycles. The van der Waals surface area contributed by atoms with Gasteiger partial charge in [0.15, 0.2) is 0 Å². The van der Waals surface area contributed by atoms with Crippen molar-refractivity contribution < 1.29 is 4.39 Å². The van der Waals surface area contributed by atoms with Crippen molar-refractivity contribution in [1.82, 2.24) is 0 Å². The fourth-order valence-corrected chi connectivity index (χ4v) is 1.87. The molecule has 1 aliphatic rings. The molecule has 0 aromatic heterocycles. The van der Waals surface area contributed by atoms with E-state index >= 15 is 0 Å². The number of hydrogen-bond acceptors (Lipinski definition) is 1. The highest BCUT2D eigenvalue weighted by molar-refractivity contribution is 5.59. The summed E-state index contributed by atoms with van der Waals surface area (Å²) in [6.07, 6.45) is 1.35. The summed E-state index contributed by atoms with van der Waals surface area (Å²) in [6, 6.07) is 5.88. The second-order valence-corrected chi connectivity index (χ2v) is 3.53. The molecule has 1 atom stereocenters. The lowest BCUT2D eigenvalue weighted by molar-refractivity contribution is 0.374. The third-order valence-corrected chi connectivity index (χ3v) is 2.54. The molecule has 0 fully saturated rings. The number of halogens is 1. The Bertz CT molecular complexity index is 307. The van der Waals surface area contributed by atoms with Crippen molar-refractivity contribution in [2.75, 3.05) is 11.9 Å². The van der Waals surface area contributed by atoms with Gasteiger partial charge in [0, 0.05) is 17.8 Å². The minimum atomic E-state index is -0.874. The molecule has 0 aliphatic carbocycles. The van der Waals surface area contributed by atoms with E-state index in [0.29, 0.717) is 0 Å². The standard InChI is InChI=1S/C11H14FN/c1-8(12)10-6-2-4-9-5-3-7-13-11(9)10/h2,4,6,8,13H,3,5,7H2,1H3. The molecule has 0 saturated carbocycles. The Hall–Kier alpha value is -1.05. The Labute approximate surface area is 78.0 Å². The monoisotopic (exact) mass is 179 g/mol. The summed E-state index contributed by atoms with van der Waals surface area (Å²) in [5.74, 6) is 0. The number of benzene rings is 1. The van der Waals surface area contributed by atoms with Crippen LogP contribution in [-0.4, -0.2) is 6.54 Å². The second-order valence-electron chi connectivity index (χ2n) is 3.53. The number of rotatable bonds is 1. The Morgan fingerprint density at radius 1 is 1.46 bits per heavy atom. The molecule has 1 heterocycles. The van der Waals surface area contributed by atoms with Crippen molar-refractivity contribution in [3.8, 4) is 0 Å². The maximum Gasteiger partial charge on any atom is 0.124 e. The minimum absolute atomic E-state index is 0.803. The molecule has 0 radical (unpaired) electrons. The van der Waals surface area contributed by atoms with Gasteiger partial charge in [-0.15, -0.1) is 0 Å². The second kappa shape index (κ2) is 3.36. The van der Waals surface area contributed by atoms with Crippen LogP contribution < -0.4 is 5.32 Å². The van der Waals surface area contributed by atoms with Crippen LogP contribution in [-0.2, 0) is 6.42 Å². The normalized spacial score (nSPS) is 17.4. The number of para-hydroxylation sites is 1. The highest BCUT2D eigenvalue weighted by Crippen LogP contribution is 2.31. The summed E-state index contributed by atoms with van der Waals surface area (Å²) in [5.41, 5.74) is 3.09. The fraction of sp³-hybridized carbons (Fsp3) is 0.455. The van der Waals surface area contributed by atoms with Gasteiger partial charge in [-0.3, -0.25) is 0 Å². The van der Waals surface area contributed by atoms with Gasteiger partial charge >= 0.3 is 0 Å². The molecular weight excluding hydrogens is 165 g/mol. The predicted octanol–water partition coefficient (Wildman–Crippen LogP) is 3.08. The van der Waals surface area contributed by atoms with Crippen LogP contribution in [0.15, 0.2) is 18.2 Å². The molecule has 0 saturated heterocycles. The smallest absolute Gasteiger partial charge is 0.124 e. The zero-order valence-corrected chi connectivity index (χ0v) is 7.81. The number of alkyl halides is 1. The van der Waals surface area contributed by atoms with E-state index in [4.69, 9.17) is 0 Å². The molecule has 13 heavy (non-hydrogen) atoms. The molecular formula is C11H14FN. The largest absolute Gasteiger partial charge is 0.385 e. The molecule has 0 amide bonds. The van der Waals surface area contributed by atoms with E-state index in [2.05, 4.69) is 11.4 Å². The van der Waals surface area contributed by atoms with Gasteiger partial charge in [0.25, 0.3) is 0 Å². The summed E-state index contributed by atoms with van der Waals surface area (Å²) in [7, 11) is 0. The van der Waals surface area contributed by atoms with Crippen LogP contribution in [0.2, 0.25) is 0 Å². The first-order valence-electron chi connectivity index (χ1n) is 4.79. The van der Waals surface area contributed by atoms with Crippen molar-refractivity contribution in [2.24, 2.45) is 0 Å². The molecule has 2 heteroatoms. The number of fused-ring (bicyclic) bond motifs is 1. The van der Waals surface area contributed by atoms with Gasteiger partial charge in [-0.25, -0.2) is 4.39 Å². The number of anilines is 1. The highest BCUT2D eigenvalue weighted by Gasteiger charge is 2.15. The van der Waals surface area contributed by atoms with Crippen LogP contribution in [0.3, 0.4) is 0 Å². The zero-order valence-electron chi connectivity index (χ0n) is 7.81. The lowest BCUT2D eigenvalue weighted by Crippen LogP contribution is -2.13. The van der Waals surface area contributed by atoms with Crippen molar-refractivity contribution >= 4 is 5.69 Å². The van der Waals surface area contributed by atoms with E-state index in [1.165, 1.54) is 5.56 Å². The highest BCUT2D eigenvalue weighted by atomic mass is 19.1. The summed E-state index contributed by atoms with van der Waals surface area (Å²) >= 11 is 0. The lowest BCUT2D eigenvalue weighted by Gasteiger charge is -2.21. The van der Waals surface area contributed by atoms with Crippen LogP contribution in [0.4, 0.5) is 10.1 Å². The van der Waals surface area contributed by atoms with Gasteiger partial charge in [0.05, 0.1) is 0 Å².